The number of amides is 5. The predicted molar refractivity (Wildman–Crippen MR) is 124 cm³/mol. The van der Waals surface area contributed by atoms with Crippen molar-refractivity contribution in [2.75, 3.05) is 13.1 Å². The maximum Gasteiger partial charge on any atom is 0.407 e. The van der Waals surface area contributed by atoms with E-state index in [4.69, 9.17) is 4.84 Å². The highest BCUT2D eigenvalue weighted by Gasteiger charge is 2.50. The van der Waals surface area contributed by atoms with Gasteiger partial charge in [0.25, 0.3) is 5.91 Å². The number of likely N-dealkylation sites (tertiary alicyclic amines) is 1. The first-order valence-electron chi connectivity index (χ1n) is 11.9. The highest BCUT2D eigenvalue weighted by molar-refractivity contribution is 5.90. The molecule has 1 aromatic rings. The Labute approximate surface area is 204 Å². The van der Waals surface area contributed by atoms with Crippen LogP contribution >= 0.6 is 0 Å². The zero-order valence-electron chi connectivity index (χ0n) is 20.3. The zero-order valence-corrected chi connectivity index (χ0v) is 20.3. The Kier molecular flexibility index (Phi) is 6.88. The predicted octanol–water partition coefficient (Wildman–Crippen LogP) is 1.95. The van der Waals surface area contributed by atoms with Crippen LogP contribution in [0.3, 0.4) is 0 Å². The normalized spacial score (nSPS) is 25.8. The molecule has 2 unspecified atom stereocenters. The summed E-state index contributed by atoms with van der Waals surface area (Å²) in [6, 6.07) is 8.09. The van der Waals surface area contributed by atoms with Crippen molar-refractivity contribution in [2.45, 2.75) is 64.8 Å². The van der Waals surface area contributed by atoms with Gasteiger partial charge in [0.2, 0.25) is 5.91 Å². The molecule has 0 saturated carbocycles. The smallest absolute Gasteiger partial charge is 0.407 e. The standard InChI is InChI=1S/C24H33N5O6/c1-24(2,3)20-16(12-28(20)23(33)34)11-19(30)25-26-21(31)18-10-9-17-13-27(18)22(32)29(17)35-14-15-7-5-4-6-8-15/h4-8,16-18,20H,9-14H2,1-3H3,(H,25,30)(H,26,31)(H,33,34)/t16?,17-,18+,20?/m1/s1. The number of hydrogen-bond donors (Lipinski definition) is 3. The molecular weight excluding hydrogens is 454 g/mol. The molecule has 3 heterocycles. The van der Waals surface area contributed by atoms with Gasteiger partial charge in [-0.25, -0.2) is 9.59 Å². The molecule has 5 amide bonds. The van der Waals surface area contributed by atoms with Gasteiger partial charge in [-0.15, -0.1) is 0 Å². The second-order valence-electron chi connectivity index (χ2n) is 10.5. The van der Waals surface area contributed by atoms with E-state index >= 15 is 0 Å². The lowest BCUT2D eigenvalue weighted by Crippen LogP contribution is -2.64. The van der Waals surface area contributed by atoms with Crippen LogP contribution in [-0.2, 0) is 21.0 Å². The van der Waals surface area contributed by atoms with Crippen LogP contribution in [0.4, 0.5) is 9.59 Å². The molecule has 3 aliphatic rings. The molecule has 2 bridgehead atoms. The summed E-state index contributed by atoms with van der Waals surface area (Å²) in [4.78, 5) is 58.1. The number of carboxylic acid groups (broad SMARTS) is 1. The average Bonchev–Trinajstić information content (AvgIpc) is 3.02. The first kappa shape index (κ1) is 24.8. The van der Waals surface area contributed by atoms with Gasteiger partial charge in [0.1, 0.15) is 12.6 Å². The molecule has 0 aromatic heterocycles. The van der Waals surface area contributed by atoms with E-state index in [9.17, 15) is 24.3 Å². The summed E-state index contributed by atoms with van der Waals surface area (Å²) in [6.45, 7) is 6.75. The lowest BCUT2D eigenvalue weighted by molar-refractivity contribution is -0.140. The molecule has 11 nitrogen and oxygen atoms in total. The van der Waals surface area contributed by atoms with Crippen molar-refractivity contribution >= 4 is 23.9 Å². The number of hydrazine groups is 1. The summed E-state index contributed by atoms with van der Waals surface area (Å²) in [5.74, 6) is -0.978. The third-order valence-electron chi connectivity index (χ3n) is 6.96. The molecule has 1 aromatic carbocycles. The minimum atomic E-state index is -0.998. The lowest BCUT2D eigenvalue weighted by atomic mass is 9.71. The van der Waals surface area contributed by atoms with E-state index in [2.05, 4.69) is 10.9 Å². The fraction of sp³-hybridized carbons (Fsp3) is 0.583. The van der Waals surface area contributed by atoms with Crippen molar-refractivity contribution in [3.63, 3.8) is 0 Å². The SMILES string of the molecule is CC(C)(C)C1C(CC(=O)NNC(=O)[C@@H]2CC[C@@H]3CN2C(=O)N3OCc2ccccc2)CN1C(=O)O. The minimum Gasteiger partial charge on any atom is -0.465 e. The van der Waals surface area contributed by atoms with Crippen molar-refractivity contribution in [2.24, 2.45) is 11.3 Å². The number of nitrogens with one attached hydrogen (secondary N) is 2. The van der Waals surface area contributed by atoms with Gasteiger partial charge in [0, 0.05) is 31.5 Å². The summed E-state index contributed by atoms with van der Waals surface area (Å²) in [5.41, 5.74) is 5.52. The Bertz CT molecular complexity index is 980. The van der Waals surface area contributed by atoms with Crippen LogP contribution in [0.25, 0.3) is 0 Å². The number of benzene rings is 1. The van der Waals surface area contributed by atoms with Gasteiger partial charge in [-0.3, -0.25) is 25.3 Å². The van der Waals surface area contributed by atoms with E-state index in [1.54, 1.807) is 0 Å². The number of nitrogens with zero attached hydrogens (tertiary/aromatic N) is 3. The van der Waals surface area contributed by atoms with E-state index in [1.807, 2.05) is 51.1 Å². The fourth-order valence-corrected chi connectivity index (χ4v) is 5.42. The topological polar surface area (TPSA) is 132 Å². The molecule has 3 saturated heterocycles. The molecule has 0 aliphatic carbocycles. The second kappa shape index (κ2) is 9.73. The monoisotopic (exact) mass is 487 g/mol. The lowest BCUT2D eigenvalue weighted by Gasteiger charge is -2.52. The van der Waals surface area contributed by atoms with Gasteiger partial charge in [-0.2, -0.15) is 5.06 Å². The third kappa shape index (κ3) is 5.19. The molecule has 0 radical (unpaired) electrons. The molecule has 190 valence electrons. The van der Waals surface area contributed by atoms with Crippen LogP contribution < -0.4 is 10.9 Å². The van der Waals surface area contributed by atoms with Crippen LogP contribution in [0.5, 0.6) is 0 Å². The van der Waals surface area contributed by atoms with Crippen LogP contribution in [0.1, 0.15) is 45.6 Å². The maximum absolute atomic E-state index is 12.9. The Hall–Kier alpha value is -3.34. The van der Waals surface area contributed by atoms with E-state index < -0.39 is 23.9 Å². The third-order valence-corrected chi connectivity index (χ3v) is 6.96. The molecule has 3 N–H and O–H groups in total. The Morgan fingerprint density at radius 1 is 1.09 bits per heavy atom. The highest BCUT2D eigenvalue weighted by atomic mass is 16.7. The van der Waals surface area contributed by atoms with Crippen LogP contribution in [-0.4, -0.2) is 75.1 Å². The summed E-state index contributed by atoms with van der Waals surface area (Å²) in [6.07, 6.45) is 0.180. The van der Waals surface area contributed by atoms with Gasteiger partial charge >= 0.3 is 12.1 Å². The first-order chi connectivity index (χ1) is 16.6. The number of urea groups is 1. The number of carbonyl (C=O) groups is 4. The summed E-state index contributed by atoms with van der Waals surface area (Å²) < 4.78 is 0. The van der Waals surface area contributed by atoms with Gasteiger partial charge in [0.05, 0.1) is 6.04 Å². The Morgan fingerprint density at radius 2 is 1.80 bits per heavy atom. The largest absolute Gasteiger partial charge is 0.465 e. The first-order valence-corrected chi connectivity index (χ1v) is 11.9. The van der Waals surface area contributed by atoms with Crippen LogP contribution in [0, 0.1) is 11.3 Å². The van der Waals surface area contributed by atoms with Crippen LogP contribution in [0.15, 0.2) is 30.3 Å². The second-order valence-corrected chi connectivity index (χ2v) is 10.5. The van der Waals surface area contributed by atoms with Crippen molar-refractivity contribution in [1.29, 1.82) is 0 Å². The number of hydroxylamine groups is 2. The van der Waals surface area contributed by atoms with Crippen molar-refractivity contribution in [1.82, 2.24) is 25.7 Å². The van der Waals surface area contributed by atoms with Gasteiger partial charge in [-0.05, 0) is 23.8 Å². The number of piperidine rings is 1. The average molecular weight is 488 g/mol. The number of fused-ring (bicyclic) bond motifs is 2. The molecule has 11 heteroatoms. The summed E-state index contributed by atoms with van der Waals surface area (Å²) in [7, 11) is 0. The molecule has 0 spiro atoms. The molecule has 35 heavy (non-hydrogen) atoms. The Balaban J connectivity index is 1.26. The van der Waals surface area contributed by atoms with Crippen molar-refractivity contribution in [3.05, 3.63) is 35.9 Å². The summed E-state index contributed by atoms with van der Waals surface area (Å²) in [5, 5.41) is 10.7. The van der Waals surface area contributed by atoms with Gasteiger partial charge < -0.3 is 14.9 Å². The fourth-order valence-electron chi connectivity index (χ4n) is 5.42. The van der Waals surface area contributed by atoms with Crippen LogP contribution in [0.2, 0.25) is 0 Å². The highest BCUT2D eigenvalue weighted by Crippen LogP contribution is 2.39. The quantitative estimate of drug-likeness (QED) is 0.526. The molecule has 3 aliphatic heterocycles. The Morgan fingerprint density at radius 3 is 2.46 bits per heavy atom. The van der Waals surface area contributed by atoms with Crippen molar-refractivity contribution < 1.29 is 29.1 Å². The van der Waals surface area contributed by atoms with Gasteiger partial charge in [-0.1, -0.05) is 51.1 Å². The van der Waals surface area contributed by atoms with E-state index in [1.165, 1.54) is 14.9 Å². The number of hydrogen-bond acceptors (Lipinski definition) is 5. The minimum absolute atomic E-state index is 0.0997. The zero-order chi connectivity index (χ0) is 25.3. The molecule has 4 atom stereocenters. The number of rotatable bonds is 6. The number of carbonyl (C=O) groups excluding carboxylic acids is 3. The van der Waals surface area contributed by atoms with Gasteiger partial charge in [0.15, 0.2) is 0 Å². The van der Waals surface area contributed by atoms with E-state index in [-0.39, 0.29) is 49.0 Å². The maximum atomic E-state index is 12.9. The molecular formula is C24H33N5O6. The molecule has 4 rings (SSSR count). The van der Waals surface area contributed by atoms with E-state index in [0.717, 1.165) is 5.56 Å². The van der Waals surface area contributed by atoms with Crippen molar-refractivity contribution in [3.8, 4) is 0 Å². The summed E-state index contributed by atoms with van der Waals surface area (Å²) >= 11 is 0. The molecule has 3 fully saturated rings. The van der Waals surface area contributed by atoms with E-state index in [0.29, 0.717) is 19.4 Å².